The van der Waals surface area contributed by atoms with Crippen molar-refractivity contribution in [3.8, 4) is 0 Å². The molecule has 0 atom stereocenters. The molecule has 0 aliphatic rings. The number of unbranched alkanes of at least 4 members (excludes halogenated alkanes) is 2. The normalized spacial score (nSPS) is 11.5. The van der Waals surface area contributed by atoms with Crippen LogP contribution >= 0.6 is 25.3 Å². The van der Waals surface area contributed by atoms with Crippen LogP contribution in [0.15, 0.2) is 30.3 Å². The van der Waals surface area contributed by atoms with Gasteiger partial charge in [0.15, 0.2) is 0 Å². The highest BCUT2D eigenvalue weighted by molar-refractivity contribution is 7.80. The molecule has 24 heavy (non-hydrogen) atoms. The summed E-state index contributed by atoms with van der Waals surface area (Å²) in [4.78, 5) is 4.94. The predicted molar refractivity (Wildman–Crippen MR) is 114 cm³/mol. The minimum absolute atomic E-state index is 0.906. The van der Waals surface area contributed by atoms with Gasteiger partial charge >= 0.3 is 0 Å². The summed E-state index contributed by atoms with van der Waals surface area (Å²) in [5, 5.41) is 3.41. The second-order valence-electron chi connectivity index (χ2n) is 6.32. The molecule has 1 N–H and O–H groups in total. The summed E-state index contributed by atoms with van der Waals surface area (Å²) in [5.74, 6) is 1.84. The van der Waals surface area contributed by atoms with Gasteiger partial charge in [0.2, 0.25) is 0 Å². The van der Waals surface area contributed by atoms with Crippen LogP contribution in [-0.4, -0.2) is 67.6 Å². The van der Waals surface area contributed by atoms with E-state index in [0.29, 0.717) is 0 Å². The quantitative estimate of drug-likeness (QED) is 0.326. The highest BCUT2D eigenvalue weighted by atomic mass is 32.1. The zero-order valence-electron chi connectivity index (χ0n) is 15.2. The lowest BCUT2D eigenvalue weighted by atomic mass is 10.2. The van der Waals surface area contributed by atoms with Gasteiger partial charge in [-0.3, -0.25) is 0 Å². The van der Waals surface area contributed by atoms with Gasteiger partial charge in [0.25, 0.3) is 0 Å². The molecule has 0 aromatic heterocycles. The van der Waals surface area contributed by atoms with E-state index in [0.717, 1.165) is 44.2 Å². The third-order valence-electron chi connectivity index (χ3n) is 4.12. The van der Waals surface area contributed by atoms with E-state index < -0.39 is 0 Å². The highest BCUT2D eigenvalue weighted by Crippen LogP contribution is 2.05. The molecule has 0 fully saturated rings. The first-order valence-electron chi connectivity index (χ1n) is 9.13. The van der Waals surface area contributed by atoms with Gasteiger partial charge in [0, 0.05) is 44.2 Å². The number of nitrogens with one attached hydrogen (secondary N) is 1. The van der Waals surface area contributed by atoms with Crippen LogP contribution < -0.4 is 5.32 Å². The third kappa shape index (κ3) is 11.4. The van der Waals surface area contributed by atoms with Crippen molar-refractivity contribution in [2.24, 2.45) is 0 Å². The molecule has 138 valence electrons. The highest BCUT2D eigenvalue weighted by Gasteiger charge is 2.04. The molecule has 0 saturated heterocycles. The van der Waals surface area contributed by atoms with Gasteiger partial charge in [-0.15, -0.1) is 0 Å². The van der Waals surface area contributed by atoms with Crippen LogP contribution in [0, 0.1) is 0 Å². The Kier molecular flexibility index (Phi) is 13.7. The monoisotopic (exact) mass is 369 g/mol. The van der Waals surface area contributed by atoms with Gasteiger partial charge in [-0.2, -0.15) is 25.3 Å². The van der Waals surface area contributed by atoms with Crippen molar-refractivity contribution in [2.75, 3.05) is 57.8 Å². The van der Waals surface area contributed by atoms with Crippen molar-refractivity contribution >= 4 is 25.3 Å². The summed E-state index contributed by atoms with van der Waals surface area (Å²) in [6.45, 7) is 7.64. The topological polar surface area (TPSA) is 18.5 Å². The van der Waals surface area contributed by atoms with E-state index in [1.54, 1.807) is 0 Å². The van der Waals surface area contributed by atoms with Crippen molar-refractivity contribution in [2.45, 2.75) is 25.8 Å². The lowest BCUT2D eigenvalue weighted by molar-refractivity contribution is 0.274. The van der Waals surface area contributed by atoms with E-state index in [4.69, 9.17) is 0 Å². The maximum Gasteiger partial charge on any atom is 0.0230 e. The zero-order chi connectivity index (χ0) is 17.5. The molecule has 0 heterocycles. The van der Waals surface area contributed by atoms with Crippen LogP contribution in [0.3, 0.4) is 0 Å². The number of benzene rings is 1. The first kappa shape index (κ1) is 21.8. The Hall–Kier alpha value is -0.200. The first-order chi connectivity index (χ1) is 11.8. The van der Waals surface area contributed by atoms with Crippen LogP contribution in [0.1, 0.15) is 24.8 Å². The molecule has 0 aliphatic carbocycles. The molecule has 5 heteroatoms. The molecule has 1 aromatic rings. The molecular weight excluding hydrogens is 334 g/mol. The van der Waals surface area contributed by atoms with Crippen molar-refractivity contribution in [1.29, 1.82) is 0 Å². The van der Waals surface area contributed by atoms with E-state index >= 15 is 0 Å². The summed E-state index contributed by atoms with van der Waals surface area (Å²) >= 11 is 8.60. The van der Waals surface area contributed by atoms with E-state index in [1.165, 1.54) is 37.9 Å². The minimum Gasteiger partial charge on any atom is -0.315 e. The molecule has 0 aliphatic heterocycles. The second-order valence-corrected chi connectivity index (χ2v) is 7.22. The average Bonchev–Trinajstić information content (AvgIpc) is 2.59. The van der Waals surface area contributed by atoms with E-state index in [9.17, 15) is 0 Å². The smallest absolute Gasteiger partial charge is 0.0230 e. The average molecular weight is 370 g/mol. The van der Waals surface area contributed by atoms with Crippen molar-refractivity contribution < 1.29 is 0 Å². The Labute approximate surface area is 160 Å². The fourth-order valence-electron chi connectivity index (χ4n) is 2.79. The third-order valence-corrected chi connectivity index (χ3v) is 4.54. The molecule has 0 amide bonds. The standard InChI is InChI=1S/C19H35N3S2/c1-21(18-19-8-4-2-5-9-19)12-6-3-7-13-22(15-17-24)14-10-20-11-16-23/h2,4-5,8-9,20,23-24H,3,6-7,10-18H2,1H3. The second kappa shape index (κ2) is 15.1. The summed E-state index contributed by atoms with van der Waals surface area (Å²) in [6.07, 6.45) is 3.85. The maximum absolute atomic E-state index is 4.38. The van der Waals surface area contributed by atoms with Gasteiger partial charge in [-0.05, 0) is 38.5 Å². The zero-order valence-corrected chi connectivity index (χ0v) is 16.9. The van der Waals surface area contributed by atoms with Crippen molar-refractivity contribution in [3.63, 3.8) is 0 Å². The Bertz CT molecular complexity index is 389. The lowest BCUT2D eigenvalue weighted by Gasteiger charge is -2.22. The van der Waals surface area contributed by atoms with E-state index in [2.05, 4.69) is 77.8 Å². The molecule has 3 nitrogen and oxygen atoms in total. The van der Waals surface area contributed by atoms with Crippen molar-refractivity contribution in [3.05, 3.63) is 35.9 Å². The van der Waals surface area contributed by atoms with Gasteiger partial charge in [-0.25, -0.2) is 0 Å². The van der Waals surface area contributed by atoms with E-state index in [-0.39, 0.29) is 0 Å². The summed E-state index contributed by atoms with van der Waals surface area (Å²) < 4.78 is 0. The lowest BCUT2D eigenvalue weighted by Crippen LogP contribution is -2.35. The molecular formula is C19H35N3S2. The van der Waals surface area contributed by atoms with E-state index in [1.807, 2.05) is 0 Å². The van der Waals surface area contributed by atoms with Gasteiger partial charge in [0.1, 0.15) is 0 Å². The van der Waals surface area contributed by atoms with Gasteiger partial charge in [-0.1, -0.05) is 36.8 Å². The molecule has 0 radical (unpaired) electrons. The Morgan fingerprint density at radius 3 is 2.29 bits per heavy atom. The van der Waals surface area contributed by atoms with Crippen LogP contribution in [-0.2, 0) is 6.54 Å². The first-order valence-corrected chi connectivity index (χ1v) is 10.4. The Balaban J connectivity index is 2.07. The Morgan fingerprint density at radius 1 is 0.833 bits per heavy atom. The molecule has 1 rings (SSSR count). The number of hydrogen-bond donors (Lipinski definition) is 3. The van der Waals surface area contributed by atoms with Crippen LogP contribution in [0.25, 0.3) is 0 Å². The van der Waals surface area contributed by atoms with Gasteiger partial charge in [0.05, 0.1) is 0 Å². The van der Waals surface area contributed by atoms with Crippen LogP contribution in [0.2, 0.25) is 0 Å². The number of thiol groups is 2. The minimum atomic E-state index is 0.906. The largest absolute Gasteiger partial charge is 0.315 e. The fraction of sp³-hybridized carbons (Fsp3) is 0.684. The van der Waals surface area contributed by atoms with Crippen molar-refractivity contribution in [1.82, 2.24) is 15.1 Å². The number of hydrogen-bond acceptors (Lipinski definition) is 5. The number of nitrogens with zero attached hydrogens (tertiary/aromatic N) is 2. The Morgan fingerprint density at radius 2 is 1.58 bits per heavy atom. The summed E-state index contributed by atoms with van der Waals surface area (Å²) in [5.41, 5.74) is 1.40. The predicted octanol–water partition coefficient (Wildman–Crippen LogP) is 3.04. The molecule has 0 unspecified atom stereocenters. The summed E-state index contributed by atoms with van der Waals surface area (Å²) in [6, 6.07) is 10.7. The molecule has 0 saturated carbocycles. The maximum atomic E-state index is 4.38. The fourth-order valence-corrected chi connectivity index (χ4v) is 3.23. The molecule has 0 bridgehead atoms. The van der Waals surface area contributed by atoms with Gasteiger partial charge < -0.3 is 15.1 Å². The molecule has 0 spiro atoms. The van der Waals surface area contributed by atoms with Crippen LogP contribution in [0.5, 0.6) is 0 Å². The van der Waals surface area contributed by atoms with Crippen LogP contribution in [0.4, 0.5) is 0 Å². The molecule has 1 aromatic carbocycles. The summed E-state index contributed by atoms with van der Waals surface area (Å²) in [7, 11) is 2.22. The number of rotatable bonds is 15. The SMILES string of the molecule is CN(CCCCCN(CCS)CCNCCS)Cc1ccccc1.